The number of nitrogens with zero attached hydrogens (tertiary/aromatic N) is 6. The van der Waals surface area contributed by atoms with Crippen LogP contribution in [-0.2, 0) is 6.42 Å². The molecule has 0 spiro atoms. The molecule has 0 radical (unpaired) electrons. The van der Waals surface area contributed by atoms with E-state index in [1.807, 2.05) is 12.1 Å². The van der Waals surface area contributed by atoms with Gasteiger partial charge in [-0.05, 0) is 66.1 Å². The first-order valence-electron chi connectivity index (χ1n) is 8.34. The van der Waals surface area contributed by atoms with Crippen molar-refractivity contribution >= 4 is 22.8 Å². The molecule has 3 heterocycles. The Morgan fingerprint density at radius 3 is 2.92 bits per heavy atom. The molecule has 0 amide bonds. The third kappa shape index (κ3) is 2.70. The summed E-state index contributed by atoms with van der Waals surface area (Å²) in [6.07, 6.45) is 3.09. The van der Waals surface area contributed by atoms with E-state index in [0.717, 1.165) is 35.5 Å². The summed E-state index contributed by atoms with van der Waals surface area (Å²) in [6, 6.07) is 10.3. The van der Waals surface area contributed by atoms with Gasteiger partial charge >= 0.3 is 0 Å². The first kappa shape index (κ1) is 15.3. The highest BCUT2D eigenvalue weighted by Gasteiger charge is 2.25. The maximum absolute atomic E-state index is 13.2. The molecule has 4 aromatic rings. The van der Waals surface area contributed by atoms with E-state index in [9.17, 15) is 4.39 Å². The summed E-state index contributed by atoms with van der Waals surface area (Å²) in [6.45, 7) is 0. The van der Waals surface area contributed by atoms with Gasteiger partial charge in [-0.3, -0.25) is 0 Å². The molecule has 1 aliphatic rings. The van der Waals surface area contributed by atoms with Gasteiger partial charge in [0.25, 0.3) is 0 Å². The Kier molecular flexibility index (Phi) is 3.59. The fourth-order valence-corrected chi connectivity index (χ4v) is 4.35. The standard InChI is InChI=1S/C17H14FN7S/c18-11-6-4-10(5-7-11)17-20-16-12(2-1-3-13(16)26-17)19-14-8-9-15-21-23-24-25(15)22-14/h4-9,12H,1-3H2,(H,19,22). The molecular weight excluding hydrogens is 353 g/mol. The van der Waals surface area contributed by atoms with Crippen LogP contribution in [0.5, 0.6) is 0 Å². The van der Waals surface area contributed by atoms with Gasteiger partial charge in [0.1, 0.15) is 16.6 Å². The molecular formula is C17H14FN7S. The minimum atomic E-state index is -0.237. The maximum Gasteiger partial charge on any atom is 0.200 e. The van der Waals surface area contributed by atoms with Crippen LogP contribution in [0.15, 0.2) is 36.4 Å². The predicted octanol–water partition coefficient (Wildman–Crippen LogP) is 3.27. The van der Waals surface area contributed by atoms with Gasteiger partial charge in [-0.15, -0.1) is 26.2 Å². The van der Waals surface area contributed by atoms with Gasteiger partial charge < -0.3 is 5.32 Å². The third-order valence-electron chi connectivity index (χ3n) is 4.44. The number of nitrogens with one attached hydrogen (secondary N) is 1. The molecule has 26 heavy (non-hydrogen) atoms. The number of aromatic nitrogens is 6. The predicted molar refractivity (Wildman–Crippen MR) is 95.4 cm³/mol. The number of halogens is 1. The zero-order chi connectivity index (χ0) is 17.5. The first-order chi connectivity index (χ1) is 12.8. The monoisotopic (exact) mass is 367 g/mol. The number of tetrazole rings is 1. The van der Waals surface area contributed by atoms with E-state index in [1.165, 1.54) is 21.6 Å². The van der Waals surface area contributed by atoms with Gasteiger partial charge in [0, 0.05) is 10.4 Å². The number of aryl methyl sites for hydroxylation is 1. The molecule has 0 fully saturated rings. The normalized spacial score (nSPS) is 16.6. The molecule has 1 atom stereocenters. The number of anilines is 1. The molecule has 7 nitrogen and oxygen atoms in total. The van der Waals surface area contributed by atoms with E-state index in [2.05, 4.69) is 25.9 Å². The average molecular weight is 367 g/mol. The average Bonchev–Trinajstić information content (AvgIpc) is 3.29. The topological polar surface area (TPSA) is 80.9 Å². The van der Waals surface area contributed by atoms with Crippen LogP contribution in [0.25, 0.3) is 16.2 Å². The number of fused-ring (bicyclic) bond motifs is 2. The smallest absolute Gasteiger partial charge is 0.200 e. The lowest BCUT2D eigenvalue weighted by Gasteiger charge is -2.22. The quantitative estimate of drug-likeness (QED) is 0.599. The van der Waals surface area contributed by atoms with Crippen molar-refractivity contribution in [2.45, 2.75) is 25.3 Å². The highest BCUT2D eigenvalue weighted by Crippen LogP contribution is 2.38. The van der Waals surface area contributed by atoms with Gasteiger partial charge in [-0.25, -0.2) is 9.37 Å². The summed E-state index contributed by atoms with van der Waals surface area (Å²) in [5.41, 5.74) is 2.60. The van der Waals surface area contributed by atoms with Crippen LogP contribution < -0.4 is 5.32 Å². The molecule has 0 saturated heterocycles. The van der Waals surface area contributed by atoms with Crippen molar-refractivity contribution in [3.8, 4) is 10.6 Å². The van der Waals surface area contributed by atoms with Gasteiger partial charge in [-0.1, -0.05) is 0 Å². The molecule has 1 N–H and O–H groups in total. The largest absolute Gasteiger partial charge is 0.360 e. The summed E-state index contributed by atoms with van der Waals surface area (Å²) < 4.78 is 14.6. The second-order valence-corrected chi connectivity index (χ2v) is 7.25. The molecule has 0 aliphatic heterocycles. The van der Waals surface area contributed by atoms with E-state index in [1.54, 1.807) is 23.5 Å². The Labute approximate surface area is 151 Å². The number of hydrogen-bond acceptors (Lipinski definition) is 7. The van der Waals surface area contributed by atoms with E-state index in [-0.39, 0.29) is 11.9 Å². The second kappa shape index (κ2) is 6.10. The van der Waals surface area contributed by atoms with Crippen molar-refractivity contribution in [1.29, 1.82) is 0 Å². The van der Waals surface area contributed by atoms with Gasteiger partial charge in [-0.2, -0.15) is 0 Å². The Balaban J connectivity index is 1.46. The molecule has 5 rings (SSSR count). The van der Waals surface area contributed by atoms with E-state index in [0.29, 0.717) is 11.5 Å². The molecule has 3 aromatic heterocycles. The van der Waals surface area contributed by atoms with Crippen molar-refractivity contribution in [2.75, 3.05) is 5.32 Å². The number of rotatable bonds is 3. The van der Waals surface area contributed by atoms with E-state index in [4.69, 9.17) is 4.98 Å². The fraction of sp³-hybridized carbons (Fsp3) is 0.235. The Morgan fingerprint density at radius 2 is 2.04 bits per heavy atom. The molecule has 1 aliphatic carbocycles. The number of benzene rings is 1. The van der Waals surface area contributed by atoms with Crippen molar-refractivity contribution in [3.63, 3.8) is 0 Å². The minimum Gasteiger partial charge on any atom is -0.360 e. The summed E-state index contributed by atoms with van der Waals surface area (Å²) in [5, 5.41) is 20.0. The van der Waals surface area contributed by atoms with Gasteiger partial charge in [0.15, 0.2) is 5.65 Å². The van der Waals surface area contributed by atoms with Crippen LogP contribution in [0.2, 0.25) is 0 Å². The van der Waals surface area contributed by atoms with Crippen molar-refractivity contribution in [1.82, 2.24) is 30.2 Å². The summed E-state index contributed by atoms with van der Waals surface area (Å²) in [5.74, 6) is 0.470. The highest BCUT2D eigenvalue weighted by atomic mass is 32.1. The zero-order valence-corrected chi connectivity index (χ0v) is 14.4. The zero-order valence-electron chi connectivity index (χ0n) is 13.6. The van der Waals surface area contributed by atoms with Crippen molar-refractivity contribution in [2.24, 2.45) is 0 Å². The summed E-state index contributed by atoms with van der Waals surface area (Å²) in [7, 11) is 0. The Morgan fingerprint density at radius 1 is 1.15 bits per heavy atom. The fourth-order valence-electron chi connectivity index (χ4n) is 3.18. The Hall–Kier alpha value is -2.94. The lowest BCUT2D eigenvalue weighted by molar-refractivity contribution is 0.589. The molecule has 0 bridgehead atoms. The van der Waals surface area contributed by atoms with Crippen molar-refractivity contribution in [3.05, 3.63) is 52.8 Å². The number of thiazole rings is 1. The van der Waals surface area contributed by atoms with Crippen molar-refractivity contribution < 1.29 is 4.39 Å². The van der Waals surface area contributed by atoms with E-state index < -0.39 is 0 Å². The third-order valence-corrected chi connectivity index (χ3v) is 5.62. The Bertz CT molecular complexity index is 1070. The number of hydrogen-bond donors (Lipinski definition) is 1. The van der Waals surface area contributed by atoms with Crippen LogP contribution >= 0.6 is 11.3 Å². The van der Waals surface area contributed by atoms with Crippen LogP contribution in [0.3, 0.4) is 0 Å². The maximum atomic E-state index is 13.2. The van der Waals surface area contributed by atoms with Gasteiger partial charge in [0.2, 0.25) is 0 Å². The molecule has 130 valence electrons. The summed E-state index contributed by atoms with van der Waals surface area (Å²) in [4.78, 5) is 6.11. The minimum absolute atomic E-state index is 0.0885. The lowest BCUT2D eigenvalue weighted by Crippen LogP contribution is -2.18. The second-order valence-electron chi connectivity index (χ2n) is 6.17. The molecule has 0 saturated carbocycles. The lowest BCUT2D eigenvalue weighted by atomic mass is 9.97. The van der Waals surface area contributed by atoms with Crippen LogP contribution in [-0.4, -0.2) is 30.2 Å². The molecule has 9 heteroatoms. The SMILES string of the molecule is Fc1ccc(-c2nc3c(s2)CCCC3Nc2ccc3nnnn3n2)cc1. The van der Waals surface area contributed by atoms with E-state index >= 15 is 0 Å². The summed E-state index contributed by atoms with van der Waals surface area (Å²) >= 11 is 1.68. The first-order valence-corrected chi connectivity index (χ1v) is 9.15. The van der Waals surface area contributed by atoms with Crippen LogP contribution in [0.1, 0.15) is 29.5 Å². The van der Waals surface area contributed by atoms with Crippen LogP contribution in [0, 0.1) is 5.82 Å². The van der Waals surface area contributed by atoms with Gasteiger partial charge in [0.05, 0.1) is 11.7 Å². The van der Waals surface area contributed by atoms with Crippen LogP contribution in [0.4, 0.5) is 10.2 Å². The molecule has 1 unspecified atom stereocenters. The highest BCUT2D eigenvalue weighted by molar-refractivity contribution is 7.15. The molecule has 1 aromatic carbocycles.